The first-order valence-electron chi connectivity index (χ1n) is 12.9. The van der Waals surface area contributed by atoms with Crippen LogP contribution < -0.4 is 15.1 Å². The van der Waals surface area contributed by atoms with Crippen LogP contribution in [0.1, 0.15) is 18.4 Å². The smallest absolute Gasteiger partial charge is 0.227 e. The van der Waals surface area contributed by atoms with Crippen molar-refractivity contribution in [3.05, 3.63) is 72.3 Å². The van der Waals surface area contributed by atoms with Gasteiger partial charge in [0.15, 0.2) is 11.5 Å². The minimum Gasteiger partial charge on any atom is -0.369 e. The van der Waals surface area contributed by atoms with Crippen LogP contribution in [0.2, 0.25) is 0 Å². The number of carbonyl (C=O) groups is 1. The Morgan fingerprint density at radius 1 is 0.838 bits per heavy atom. The summed E-state index contributed by atoms with van der Waals surface area (Å²) in [5, 5.41) is 19.0. The molecule has 10 heteroatoms. The summed E-state index contributed by atoms with van der Waals surface area (Å²) >= 11 is 0. The molecule has 2 saturated heterocycles. The van der Waals surface area contributed by atoms with E-state index >= 15 is 0 Å². The first-order valence-corrected chi connectivity index (χ1v) is 12.9. The third-order valence-corrected chi connectivity index (χ3v) is 7.37. The van der Waals surface area contributed by atoms with Crippen LogP contribution in [0.25, 0.3) is 5.65 Å². The van der Waals surface area contributed by atoms with E-state index in [1.807, 2.05) is 24.3 Å². The quantitative estimate of drug-likeness (QED) is 0.435. The number of amides is 1. The van der Waals surface area contributed by atoms with E-state index in [9.17, 15) is 4.79 Å². The second kappa shape index (κ2) is 10.5. The summed E-state index contributed by atoms with van der Waals surface area (Å²) in [4.78, 5) is 20.0. The zero-order chi connectivity index (χ0) is 25.0. The molecule has 0 radical (unpaired) electrons. The van der Waals surface area contributed by atoms with Gasteiger partial charge in [0, 0.05) is 63.1 Å². The summed E-state index contributed by atoms with van der Waals surface area (Å²) < 4.78 is 1.43. The van der Waals surface area contributed by atoms with Crippen molar-refractivity contribution in [2.24, 2.45) is 5.92 Å². The van der Waals surface area contributed by atoms with Crippen molar-refractivity contribution in [2.75, 3.05) is 54.4 Å². The van der Waals surface area contributed by atoms with Gasteiger partial charge in [0.05, 0.1) is 0 Å². The van der Waals surface area contributed by atoms with E-state index in [2.05, 4.69) is 83.1 Å². The molecule has 4 heterocycles. The molecule has 1 N–H and O–H groups in total. The SMILES string of the molecule is O=C(Nc1ccc(N2CCN(Cc3ccccc3)CC2)cc1)C1CCN(c2ccc3nnnn3n2)CC1. The molecule has 0 atom stereocenters. The third kappa shape index (κ3) is 5.39. The average molecular weight is 498 g/mol. The molecule has 0 bridgehead atoms. The van der Waals surface area contributed by atoms with Gasteiger partial charge in [-0.05, 0) is 65.2 Å². The van der Waals surface area contributed by atoms with E-state index in [0.717, 1.165) is 70.2 Å². The predicted molar refractivity (Wildman–Crippen MR) is 143 cm³/mol. The topological polar surface area (TPSA) is 94.8 Å². The molecule has 1 amide bonds. The number of hydrogen-bond donors (Lipinski definition) is 1. The maximum atomic E-state index is 12.9. The van der Waals surface area contributed by atoms with Crippen LogP contribution >= 0.6 is 0 Å². The Balaban J connectivity index is 0.974. The highest BCUT2D eigenvalue weighted by atomic mass is 16.1. The number of anilines is 3. The maximum absolute atomic E-state index is 12.9. The Kier molecular flexibility index (Phi) is 6.64. The number of piperazine rings is 1. The first-order chi connectivity index (χ1) is 18.2. The maximum Gasteiger partial charge on any atom is 0.227 e. The monoisotopic (exact) mass is 497 g/mol. The van der Waals surface area contributed by atoms with E-state index in [0.29, 0.717) is 5.65 Å². The fraction of sp³-hybridized carbons (Fsp3) is 0.370. The van der Waals surface area contributed by atoms with Crippen molar-refractivity contribution < 1.29 is 4.79 Å². The number of nitrogens with zero attached hydrogens (tertiary/aromatic N) is 8. The first kappa shape index (κ1) is 23.4. The lowest BCUT2D eigenvalue weighted by Gasteiger charge is -2.36. The Hall–Kier alpha value is -4.05. The number of fused-ring (bicyclic) bond motifs is 1. The van der Waals surface area contributed by atoms with Gasteiger partial charge in [-0.1, -0.05) is 30.3 Å². The molecule has 0 saturated carbocycles. The second-order valence-electron chi connectivity index (χ2n) is 9.76. The summed E-state index contributed by atoms with van der Waals surface area (Å²) in [7, 11) is 0. The van der Waals surface area contributed by atoms with Crippen LogP contribution in [0.4, 0.5) is 17.2 Å². The van der Waals surface area contributed by atoms with Gasteiger partial charge in [-0.3, -0.25) is 9.69 Å². The van der Waals surface area contributed by atoms with Gasteiger partial charge >= 0.3 is 0 Å². The Bertz CT molecular complexity index is 1330. The lowest BCUT2D eigenvalue weighted by atomic mass is 9.96. The minimum atomic E-state index is -0.00890. The normalized spacial score (nSPS) is 17.3. The summed E-state index contributed by atoms with van der Waals surface area (Å²) in [6, 6.07) is 22.7. The number of benzene rings is 2. The molecule has 2 fully saturated rings. The van der Waals surface area contributed by atoms with Crippen molar-refractivity contribution in [3.63, 3.8) is 0 Å². The molecular weight excluding hydrogens is 466 g/mol. The molecule has 190 valence electrons. The fourth-order valence-corrected chi connectivity index (χ4v) is 5.19. The molecule has 6 rings (SSSR count). The zero-order valence-electron chi connectivity index (χ0n) is 20.8. The van der Waals surface area contributed by atoms with Crippen LogP contribution in [0.15, 0.2) is 66.7 Å². The molecule has 37 heavy (non-hydrogen) atoms. The van der Waals surface area contributed by atoms with Crippen molar-refractivity contribution in [1.82, 2.24) is 30.2 Å². The zero-order valence-corrected chi connectivity index (χ0v) is 20.8. The predicted octanol–water partition coefficient (Wildman–Crippen LogP) is 2.70. The van der Waals surface area contributed by atoms with Crippen LogP contribution in [0, 0.1) is 5.92 Å². The molecule has 0 unspecified atom stereocenters. The number of tetrazole rings is 1. The molecule has 10 nitrogen and oxygen atoms in total. The summed E-state index contributed by atoms with van der Waals surface area (Å²) in [6.07, 6.45) is 1.57. The minimum absolute atomic E-state index is 0.00890. The van der Waals surface area contributed by atoms with Crippen LogP contribution in [-0.4, -0.2) is 75.3 Å². The molecule has 0 aliphatic carbocycles. The van der Waals surface area contributed by atoms with Gasteiger partial charge in [0.2, 0.25) is 5.91 Å². The molecule has 2 aliphatic rings. The van der Waals surface area contributed by atoms with E-state index < -0.39 is 0 Å². The van der Waals surface area contributed by atoms with Crippen molar-refractivity contribution >= 4 is 28.7 Å². The Morgan fingerprint density at radius 3 is 2.35 bits per heavy atom. The standard InChI is InChI=1S/C27H31N9O/c37-27(22-12-14-35(15-13-22)26-11-10-25-29-31-32-36(25)30-26)28-23-6-8-24(9-7-23)34-18-16-33(17-19-34)20-21-4-2-1-3-5-21/h1-11,22H,12-20H2,(H,28,37). The van der Waals surface area contributed by atoms with Crippen molar-refractivity contribution in [3.8, 4) is 0 Å². The number of nitrogens with one attached hydrogen (secondary N) is 1. The van der Waals surface area contributed by atoms with Crippen molar-refractivity contribution in [1.29, 1.82) is 0 Å². The highest BCUT2D eigenvalue weighted by Crippen LogP contribution is 2.25. The van der Waals surface area contributed by atoms with Gasteiger partial charge in [0.25, 0.3) is 0 Å². The van der Waals surface area contributed by atoms with Crippen molar-refractivity contribution in [2.45, 2.75) is 19.4 Å². The van der Waals surface area contributed by atoms with Gasteiger partial charge in [0.1, 0.15) is 0 Å². The highest BCUT2D eigenvalue weighted by Gasteiger charge is 2.26. The second-order valence-corrected chi connectivity index (χ2v) is 9.76. The molecule has 2 aromatic carbocycles. The highest BCUT2D eigenvalue weighted by molar-refractivity contribution is 5.92. The summed E-state index contributed by atoms with van der Waals surface area (Å²) in [5.41, 5.74) is 4.04. The van der Waals surface area contributed by atoms with E-state index in [1.54, 1.807) is 0 Å². The van der Waals surface area contributed by atoms with Gasteiger partial charge in [-0.2, -0.15) is 0 Å². The summed E-state index contributed by atoms with van der Waals surface area (Å²) in [6.45, 7) is 6.65. The van der Waals surface area contributed by atoms with Crippen LogP contribution in [0.3, 0.4) is 0 Å². The number of hydrogen-bond acceptors (Lipinski definition) is 8. The Morgan fingerprint density at radius 2 is 1.59 bits per heavy atom. The number of aromatic nitrogens is 5. The number of rotatable bonds is 6. The van der Waals surface area contributed by atoms with Gasteiger partial charge in [-0.25, -0.2) is 0 Å². The number of carbonyl (C=O) groups excluding carboxylic acids is 1. The third-order valence-electron chi connectivity index (χ3n) is 7.37. The molecule has 2 aromatic heterocycles. The molecule has 4 aromatic rings. The van der Waals surface area contributed by atoms with Gasteiger partial charge < -0.3 is 15.1 Å². The van der Waals surface area contributed by atoms with E-state index in [4.69, 9.17) is 0 Å². The summed E-state index contributed by atoms with van der Waals surface area (Å²) in [5.74, 6) is 0.909. The molecular formula is C27H31N9O. The lowest BCUT2D eigenvalue weighted by Crippen LogP contribution is -2.45. The largest absolute Gasteiger partial charge is 0.369 e. The van der Waals surface area contributed by atoms with Gasteiger partial charge in [-0.15, -0.1) is 14.8 Å². The Labute approximate surface area is 215 Å². The average Bonchev–Trinajstić information content (AvgIpc) is 3.43. The number of piperidine rings is 1. The lowest BCUT2D eigenvalue weighted by molar-refractivity contribution is -0.120. The fourth-order valence-electron chi connectivity index (χ4n) is 5.19. The van der Waals surface area contributed by atoms with Crippen LogP contribution in [-0.2, 0) is 11.3 Å². The molecule has 2 aliphatic heterocycles. The molecule has 0 spiro atoms. The van der Waals surface area contributed by atoms with Crippen LogP contribution in [0.5, 0.6) is 0 Å². The van der Waals surface area contributed by atoms with E-state index in [1.165, 1.54) is 15.9 Å². The van der Waals surface area contributed by atoms with E-state index in [-0.39, 0.29) is 11.8 Å².